The number of rotatable bonds is 4. The number of nitrogens with one attached hydrogen (secondary N) is 1. The van der Waals surface area contributed by atoms with Crippen LogP contribution in [0.5, 0.6) is 0 Å². The van der Waals surface area contributed by atoms with Crippen LogP contribution in [0.1, 0.15) is 60.5 Å². The summed E-state index contributed by atoms with van der Waals surface area (Å²) in [5.41, 5.74) is 3.27. The van der Waals surface area contributed by atoms with Gasteiger partial charge in [0, 0.05) is 34.9 Å². The summed E-state index contributed by atoms with van der Waals surface area (Å²) >= 11 is 6.20. The van der Waals surface area contributed by atoms with Crippen LogP contribution in [-0.4, -0.2) is 28.0 Å². The van der Waals surface area contributed by atoms with Crippen LogP contribution in [0.15, 0.2) is 22.7 Å². The highest BCUT2D eigenvalue weighted by atomic mass is 35.5. The van der Waals surface area contributed by atoms with Crippen LogP contribution in [-0.2, 0) is 6.54 Å². The predicted octanol–water partition coefficient (Wildman–Crippen LogP) is 4.96. The molecule has 1 saturated heterocycles. The van der Waals surface area contributed by atoms with Crippen molar-refractivity contribution >= 4 is 23.2 Å². The number of halogens is 1. The molecule has 2 aromatic rings. The summed E-state index contributed by atoms with van der Waals surface area (Å²) in [5.74, 6) is 0.823. The largest absolute Gasteiger partial charge is 0.380 e. The normalized spacial score (nSPS) is 20.3. The van der Waals surface area contributed by atoms with Gasteiger partial charge in [0.2, 0.25) is 0 Å². The molecule has 1 N–H and O–H groups in total. The summed E-state index contributed by atoms with van der Waals surface area (Å²) in [6.45, 7) is 8.60. The van der Waals surface area contributed by atoms with E-state index in [1.165, 1.54) is 6.42 Å². The lowest BCUT2D eigenvalue weighted by molar-refractivity contribution is 0.0512. The Morgan fingerprint density at radius 1 is 1.31 bits per heavy atom. The smallest absolute Gasteiger partial charge is 0.256 e. The molecule has 6 heteroatoms. The number of hydrogen-bond donors (Lipinski definition) is 1. The number of anilines is 1. The van der Waals surface area contributed by atoms with Crippen LogP contribution in [0, 0.1) is 13.8 Å². The number of piperidine rings is 1. The number of carbonyl (C=O) groups is 1. The highest BCUT2D eigenvalue weighted by molar-refractivity contribution is 6.31. The molecule has 1 aromatic carbocycles. The molecule has 0 aliphatic carbocycles. The number of carbonyl (C=O) groups excluding carboxylic acids is 1. The van der Waals surface area contributed by atoms with E-state index in [4.69, 9.17) is 16.1 Å². The van der Waals surface area contributed by atoms with Gasteiger partial charge in [0.05, 0.1) is 11.3 Å². The van der Waals surface area contributed by atoms with Crippen molar-refractivity contribution in [1.29, 1.82) is 0 Å². The monoisotopic (exact) mass is 375 g/mol. The lowest BCUT2D eigenvalue weighted by Gasteiger charge is -2.39. The molecule has 0 radical (unpaired) electrons. The van der Waals surface area contributed by atoms with Crippen molar-refractivity contribution in [3.8, 4) is 0 Å². The Hall–Kier alpha value is -2.01. The molecule has 3 rings (SSSR count). The van der Waals surface area contributed by atoms with Gasteiger partial charge in [-0.3, -0.25) is 4.79 Å². The Balaban J connectivity index is 1.87. The lowest BCUT2D eigenvalue weighted by Crippen LogP contribution is -2.47. The van der Waals surface area contributed by atoms with Crippen LogP contribution in [0.25, 0.3) is 0 Å². The Labute approximate surface area is 159 Å². The summed E-state index contributed by atoms with van der Waals surface area (Å²) < 4.78 is 5.22. The van der Waals surface area contributed by atoms with Gasteiger partial charge in [-0.2, -0.15) is 0 Å². The number of likely N-dealkylation sites (tertiary alicyclic amines) is 1. The average Bonchev–Trinajstić information content (AvgIpc) is 2.92. The molecule has 1 aliphatic rings. The molecule has 0 spiro atoms. The van der Waals surface area contributed by atoms with Gasteiger partial charge in [0.15, 0.2) is 0 Å². The topological polar surface area (TPSA) is 58.4 Å². The zero-order valence-electron chi connectivity index (χ0n) is 15.8. The van der Waals surface area contributed by atoms with Crippen LogP contribution in [0.4, 0.5) is 5.69 Å². The number of nitrogens with zero attached hydrogens (tertiary/aromatic N) is 2. The molecule has 2 atom stereocenters. The summed E-state index contributed by atoms with van der Waals surface area (Å²) in [6.07, 6.45) is 3.25. The van der Waals surface area contributed by atoms with Gasteiger partial charge in [0.25, 0.3) is 5.91 Å². The summed E-state index contributed by atoms with van der Waals surface area (Å²) in [6, 6.07) is 5.90. The summed E-state index contributed by atoms with van der Waals surface area (Å²) in [4.78, 5) is 15.3. The van der Waals surface area contributed by atoms with Gasteiger partial charge in [0.1, 0.15) is 5.76 Å². The van der Waals surface area contributed by atoms with Crippen molar-refractivity contribution in [1.82, 2.24) is 10.1 Å². The van der Waals surface area contributed by atoms with Crippen molar-refractivity contribution < 1.29 is 9.32 Å². The van der Waals surface area contributed by atoms with Gasteiger partial charge in [-0.15, -0.1) is 0 Å². The quantitative estimate of drug-likeness (QED) is 0.820. The highest BCUT2D eigenvalue weighted by Gasteiger charge is 2.31. The van der Waals surface area contributed by atoms with Gasteiger partial charge < -0.3 is 14.7 Å². The van der Waals surface area contributed by atoms with E-state index in [9.17, 15) is 4.79 Å². The molecule has 5 nitrogen and oxygen atoms in total. The first-order valence-electron chi connectivity index (χ1n) is 9.16. The molecular formula is C20H26ClN3O2. The minimum absolute atomic E-state index is 0.0356. The van der Waals surface area contributed by atoms with Crippen LogP contribution >= 0.6 is 11.6 Å². The fourth-order valence-corrected chi connectivity index (χ4v) is 3.92. The Morgan fingerprint density at radius 2 is 2.00 bits per heavy atom. The van der Waals surface area contributed by atoms with Crippen LogP contribution in [0.3, 0.4) is 0 Å². The lowest BCUT2D eigenvalue weighted by atomic mass is 9.96. The van der Waals surface area contributed by atoms with E-state index < -0.39 is 0 Å². The highest BCUT2D eigenvalue weighted by Crippen LogP contribution is 2.29. The third kappa shape index (κ3) is 3.73. The van der Waals surface area contributed by atoms with Crippen molar-refractivity contribution in [3.63, 3.8) is 0 Å². The van der Waals surface area contributed by atoms with E-state index in [0.29, 0.717) is 17.1 Å². The van der Waals surface area contributed by atoms with Gasteiger partial charge in [-0.25, -0.2) is 0 Å². The van der Waals surface area contributed by atoms with E-state index in [2.05, 4.69) is 24.3 Å². The maximum absolute atomic E-state index is 13.3. The van der Waals surface area contributed by atoms with Crippen molar-refractivity contribution in [2.45, 2.75) is 65.6 Å². The molecule has 26 heavy (non-hydrogen) atoms. The standard InChI is InChI=1S/C20H26ClN3O2/c1-12-6-5-7-13(2)24(12)20(25)17-10-16(21)8-9-19(17)22-11-18-14(3)23-26-15(18)4/h8-10,12-13,22H,5-7,11H2,1-4H3/t12-,13+. The van der Waals surface area contributed by atoms with Crippen LogP contribution in [0.2, 0.25) is 5.02 Å². The first-order valence-corrected chi connectivity index (χ1v) is 9.54. The maximum atomic E-state index is 13.3. The van der Waals surface area contributed by atoms with Crippen molar-refractivity contribution in [2.24, 2.45) is 0 Å². The number of aromatic nitrogens is 1. The number of amides is 1. The fourth-order valence-electron chi connectivity index (χ4n) is 3.75. The zero-order valence-corrected chi connectivity index (χ0v) is 16.6. The van der Waals surface area contributed by atoms with E-state index in [1.54, 1.807) is 12.1 Å². The summed E-state index contributed by atoms with van der Waals surface area (Å²) in [7, 11) is 0. The maximum Gasteiger partial charge on any atom is 0.256 e. The Morgan fingerprint density at radius 3 is 2.62 bits per heavy atom. The minimum Gasteiger partial charge on any atom is -0.380 e. The SMILES string of the molecule is Cc1noc(C)c1CNc1ccc(Cl)cc1C(=O)N1[C@H](C)CCC[C@@H]1C. The minimum atomic E-state index is 0.0356. The van der Waals surface area contributed by atoms with Gasteiger partial charge >= 0.3 is 0 Å². The third-order valence-corrected chi connectivity index (χ3v) is 5.51. The molecule has 1 amide bonds. The molecule has 0 saturated carbocycles. The fraction of sp³-hybridized carbons (Fsp3) is 0.500. The Bertz CT molecular complexity index is 773. The molecule has 140 valence electrons. The van der Waals surface area contributed by atoms with E-state index in [0.717, 1.165) is 35.5 Å². The molecule has 0 unspecified atom stereocenters. The second-order valence-electron chi connectivity index (χ2n) is 7.19. The molecule has 1 aromatic heterocycles. The predicted molar refractivity (Wildman–Crippen MR) is 104 cm³/mol. The second-order valence-corrected chi connectivity index (χ2v) is 7.62. The van der Waals surface area contributed by atoms with E-state index >= 15 is 0 Å². The Kier molecular flexibility index (Phi) is 5.56. The zero-order chi connectivity index (χ0) is 18.8. The third-order valence-electron chi connectivity index (χ3n) is 5.28. The first kappa shape index (κ1) is 18.8. The van der Waals surface area contributed by atoms with Crippen LogP contribution < -0.4 is 5.32 Å². The van der Waals surface area contributed by atoms with E-state index in [1.807, 2.05) is 24.8 Å². The van der Waals surface area contributed by atoms with Crippen molar-refractivity contribution in [2.75, 3.05) is 5.32 Å². The molecule has 0 bridgehead atoms. The number of hydrogen-bond acceptors (Lipinski definition) is 4. The number of aryl methyl sites for hydroxylation is 2. The van der Waals surface area contributed by atoms with E-state index in [-0.39, 0.29) is 18.0 Å². The first-order chi connectivity index (χ1) is 12.4. The molecule has 2 heterocycles. The molecule has 1 fully saturated rings. The van der Waals surface area contributed by atoms with Gasteiger partial charge in [-0.05, 0) is 65.2 Å². The second kappa shape index (κ2) is 7.70. The number of benzene rings is 1. The average molecular weight is 376 g/mol. The molecule has 1 aliphatic heterocycles. The molecular weight excluding hydrogens is 350 g/mol. The summed E-state index contributed by atoms with van der Waals surface area (Å²) in [5, 5.41) is 7.91. The van der Waals surface area contributed by atoms with Gasteiger partial charge in [-0.1, -0.05) is 16.8 Å². The van der Waals surface area contributed by atoms with Crippen molar-refractivity contribution in [3.05, 3.63) is 45.8 Å².